The van der Waals surface area contributed by atoms with Crippen molar-refractivity contribution in [2.24, 2.45) is 0 Å². The molecule has 0 N–H and O–H groups in total. The van der Waals surface area contributed by atoms with Gasteiger partial charge >= 0.3 is 5.97 Å². The van der Waals surface area contributed by atoms with Gasteiger partial charge in [0.05, 0.1) is 20.7 Å². The number of halogens is 1. The van der Waals surface area contributed by atoms with Gasteiger partial charge in [0, 0.05) is 13.0 Å². The number of likely N-dealkylation sites (N-methyl/N-ethyl adjacent to an activating group) is 1. The van der Waals surface area contributed by atoms with E-state index < -0.39 is 0 Å². The lowest BCUT2D eigenvalue weighted by molar-refractivity contribution is -0.891. The lowest BCUT2D eigenvalue weighted by Crippen LogP contribution is -3.00. The van der Waals surface area contributed by atoms with E-state index in [9.17, 15) is 9.59 Å². The number of quaternary nitrogens is 1. The summed E-state index contributed by atoms with van der Waals surface area (Å²) in [6.07, 6.45) is 11.5. The molecule has 0 radical (unpaired) electrons. The summed E-state index contributed by atoms with van der Waals surface area (Å²) in [4.78, 5) is 25.5. The van der Waals surface area contributed by atoms with Crippen LogP contribution in [0.4, 0.5) is 0 Å². The lowest BCUT2D eigenvalue weighted by atomic mass is 10.1. The highest BCUT2D eigenvalue weighted by atomic mass is 35.5. The summed E-state index contributed by atoms with van der Waals surface area (Å²) >= 11 is 0. The van der Waals surface area contributed by atoms with Gasteiger partial charge < -0.3 is 21.6 Å². The average molecular weight is 377 g/mol. The summed E-state index contributed by atoms with van der Waals surface area (Å²) in [6.45, 7) is 4.48. The van der Waals surface area contributed by atoms with Gasteiger partial charge in [0.15, 0.2) is 13.2 Å². The van der Waals surface area contributed by atoms with Gasteiger partial charge in [-0.1, -0.05) is 51.9 Å². The Kier molecular flexibility index (Phi) is 13.0. The Morgan fingerprint density at radius 2 is 1.68 bits per heavy atom. The van der Waals surface area contributed by atoms with Crippen molar-refractivity contribution in [3.63, 3.8) is 0 Å². The average Bonchev–Trinajstić information content (AvgIpc) is 2.89. The van der Waals surface area contributed by atoms with Crippen LogP contribution in [-0.4, -0.2) is 61.7 Å². The largest absolute Gasteiger partial charge is 1.00 e. The van der Waals surface area contributed by atoms with Crippen LogP contribution >= 0.6 is 0 Å². The summed E-state index contributed by atoms with van der Waals surface area (Å²) in [6, 6.07) is 0. The Bertz CT molecular complexity index is 389. The molecular weight excluding hydrogens is 340 g/mol. The van der Waals surface area contributed by atoms with E-state index in [4.69, 9.17) is 4.74 Å². The van der Waals surface area contributed by atoms with Crippen LogP contribution in [0.3, 0.4) is 0 Å². The Morgan fingerprint density at radius 3 is 2.24 bits per heavy atom. The quantitative estimate of drug-likeness (QED) is 0.264. The summed E-state index contributed by atoms with van der Waals surface area (Å²) in [7, 11) is 3.95. The molecule has 1 fully saturated rings. The summed E-state index contributed by atoms with van der Waals surface area (Å²) in [5.74, 6) is 0.0445. The van der Waals surface area contributed by atoms with E-state index in [1.165, 1.54) is 38.5 Å². The van der Waals surface area contributed by atoms with Crippen LogP contribution in [-0.2, 0) is 14.3 Å². The number of carbonyl (C=O) groups is 2. The van der Waals surface area contributed by atoms with Crippen molar-refractivity contribution in [1.29, 1.82) is 0 Å². The van der Waals surface area contributed by atoms with Crippen LogP contribution in [0.2, 0.25) is 0 Å². The minimum Gasteiger partial charge on any atom is -1.00 e. The minimum absolute atomic E-state index is 0. The van der Waals surface area contributed by atoms with Gasteiger partial charge in [-0.3, -0.25) is 9.69 Å². The third-order valence-corrected chi connectivity index (χ3v) is 4.54. The Morgan fingerprint density at radius 1 is 1.08 bits per heavy atom. The van der Waals surface area contributed by atoms with E-state index >= 15 is 0 Å². The second kappa shape index (κ2) is 13.4. The molecule has 1 saturated heterocycles. The molecule has 0 spiro atoms. The van der Waals surface area contributed by atoms with Gasteiger partial charge in [-0.2, -0.15) is 0 Å². The maximum absolute atomic E-state index is 12.0. The van der Waals surface area contributed by atoms with E-state index in [0.717, 1.165) is 25.8 Å². The van der Waals surface area contributed by atoms with E-state index in [0.29, 0.717) is 30.7 Å². The number of hydrogen-bond acceptors (Lipinski definition) is 3. The molecule has 1 aliphatic heterocycles. The highest BCUT2D eigenvalue weighted by molar-refractivity contribution is 5.77. The van der Waals surface area contributed by atoms with Crippen molar-refractivity contribution in [2.75, 3.05) is 40.5 Å². The molecule has 0 aromatic heterocycles. The van der Waals surface area contributed by atoms with Crippen molar-refractivity contribution in [3.05, 3.63) is 0 Å². The van der Waals surface area contributed by atoms with Crippen LogP contribution in [0.1, 0.15) is 71.1 Å². The number of amides is 1. The highest BCUT2D eigenvalue weighted by Gasteiger charge is 2.29. The first-order valence-electron chi connectivity index (χ1n) is 9.70. The molecule has 25 heavy (non-hydrogen) atoms. The molecule has 0 aromatic rings. The molecule has 1 amide bonds. The number of likely N-dealkylation sites (tertiary alicyclic amines) is 1. The standard InChI is InChI=1S/C19H37N2O3.ClH/c1-4-5-6-7-8-9-10-11-15-24-19(23)16-21(2,3)17-20-14-12-13-18(20)22;/h4-17H2,1-3H3;1H/q+1;/p-1. The molecular formula is C19H37ClN2O3. The molecule has 5 nitrogen and oxygen atoms in total. The van der Waals surface area contributed by atoms with Crippen LogP contribution in [0.15, 0.2) is 0 Å². The first-order chi connectivity index (χ1) is 11.4. The van der Waals surface area contributed by atoms with Gasteiger partial charge in [-0.15, -0.1) is 0 Å². The topological polar surface area (TPSA) is 46.6 Å². The summed E-state index contributed by atoms with van der Waals surface area (Å²) in [5, 5.41) is 0. The predicted octanol–water partition coefficient (Wildman–Crippen LogP) is 0.331. The molecule has 0 aliphatic carbocycles. The molecule has 0 bridgehead atoms. The number of ether oxygens (including phenoxy) is 1. The van der Waals surface area contributed by atoms with Crippen molar-refractivity contribution >= 4 is 11.9 Å². The molecule has 0 unspecified atom stereocenters. The molecule has 1 rings (SSSR count). The van der Waals surface area contributed by atoms with E-state index in [1.54, 1.807) is 0 Å². The van der Waals surface area contributed by atoms with E-state index in [1.807, 2.05) is 19.0 Å². The Balaban J connectivity index is 0.00000576. The number of rotatable bonds is 13. The van der Waals surface area contributed by atoms with Gasteiger partial charge in [0.2, 0.25) is 5.91 Å². The van der Waals surface area contributed by atoms with Gasteiger partial charge in [-0.25, -0.2) is 4.79 Å². The molecule has 6 heteroatoms. The second-order valence-corrected chi connectivity index (χ2v) is 7.69. The molecule has 0 atom stereocenters. The zero-order chi connectivity index (χ0) is 17.8. The molecule has 1 heterocycles. The van der Waals surface area contributed by atoms with E-state index in [2.05, 4.69) is 6.92 Å². The number of unbranched alkanes of at least 4 members (excludes halogenated alkanes) is 7. The fourth-order valence-electron chi connectivity index (χ4n) is 3.18. The van der Waals surface area contributed by atoms with Crippen molar-refractivity contribution in [1.82, 2.24) is 4.90 Å². The molecule has 0 aromatic carbocycles. The van der Waals surface area contributed by atoms with Gasteiger partial charge in [-0.05, 0) is 12.8 Å². The highest BCUT2D eigenvalue weighted by Crippen LogP contribution is 2.13. The normalized spacial score (nSPS) is 14.5. The van der Waals surface area contributed by atoms with Crippen LogP contribution in [0, 0.1) is 0 Å². The van der Waals surface area contributed by atoms with E-state index in [-0.39, 0.29) is 24.3 Å². The van der Waals surface area contributed by atoms with Gasteiger partial charge in [0.25, 0.3) is 0 Å². The predicted molar refractivity (Wildman–Crippen MR) is 96.4 cm³/mol. The molecule has 148 valence electrons. The maximum Gasteiger partial charge on any atom is 0.361 e. The smallest absolute Gasteiger partial charge is 0.361 e. The summed E-state index contributed by atoms with van der Waals surface area (Å²) < 4.78 is 5.83. The van der Waals surface area contributed by atoms with Crippen LogP contribution in [0.5, 0.6) is 0 Å². The Hall–Kier alpha value is -0.810. The number of nitrogens with zero attached hydrogens (tertiary/aromatic N) is 2. The van der Waals surface area contributed by atoms with Crippen molar-refractivity contribution in [2.45, 2.75) is 71.1 Å². The van der Waals surface area contributed by atoms with Crippen molar-refractivity contribution in [3.8, 4) is 0 Å². The fourth-order valence-corrected chi connectivity index (χ4v) is 3.18. The fraction of sp³-hybridized carbons (Fsp3) is 0.895. The third kappa shape index (κ3) is 11.4. The number of carbonyl (C=O) groups excluding carboxylic acids is 2. The monoisotopic (exact) mass is 376 g/mol. The maximum atomic E-state index is 12.0. The number of hydrogen-bond donors (Lipinski definition) is 0. The molecule has 1 aliphatic rings. The molecule has 0 saturated carbocycles. The van der Waals surface area contributed by atoms with Gasteiger partial charge in [0.1, 0.15) is 0 Å². The van der Waals surface area contributed by atoms with Crippen molar-refractivity contribution < 1.29 is 31.2 Å². The van der Waals surface area contributed by atoms with Crippen LogP contribution < -0.4 is 12.4 Å². The first-order valence-corrected chi connectivity index (χ1v) is 9.70. The first kappa shape index (κ1) is 24.2. The Labute approximate surface area is 160 Å². The second-order valence-electron chi connectivity index (χ2n) is 7.69. The zero-order valence-corrected chi connectivity index (χ0v) is 17.2. The number of esters is 1. The van der Waals surface area contributed by atoms with Crippen LogP contribution in [0.25, 0.3) is 0 Å². The minimum atomic E-state index is -0.158. The SMILES string of the molecule is CCCCCCCCCCOC(=O)C[N+](C)(C)CN1CCCC1=O.[Cl-]. The zero-order valence-electron chi connectivity index (χ0n) is 16.4. The third-order valence-electron chi connectivity index (χ3n) is 4.54. The lowest BCUT2D eigenvalue weighted by Gasteiger charge is -2.32. The summed E-state index contributed by atoms with van der Waals surface area (Å²) in [5.41, 5.74) is 0.